The molecule has 0 fully saturated rings. The van der Waals surface area contributed by atoms with Gasteiger partial charge in [-0.15, -0.1) is 0 Å². The molecule has 0 unspecified atom stereocenters. The summed E-state index contributed by atoms with van der Waals surface area (Å²) in [5.74, 6) is 0. The van der Waals surface area contributed by atoms with Crippen LogP contribution in [0.3, 0.4) is 0 Å². The molecule has 78 valence electrons. The number of hydrogen-bond acceptors (Lipinski definition) is 2. The van der Waals surface area contributed by atoms with Gasteiger partial charge in [-0.2, -0.15) is 0 Å². The van der Waals surface area contributed by atoms with Crippen LogP contribution in [0, 0.1) is 0 Å². The van der Waals surface area contributed by atoms with Crippen LogP contribution in [0.5, 0.6) is 0 Å². The monoisotopic (exact) mass is 187 g/mol. The molecule has 0 aliphatic rings. The smallest absolute Gasteiger partial charge is 0.317 e. The summed E-state index contributed by atoms with van der Waals surface area (Å²) < 4.78 is 0. The molecular formula is C9H21N3O. The second kappa shape index (κ2) is 5.07. The van der Waals surface area contributed by atoms with Crippen molar-refractivity contribution in [1.29, 1.82) is 0 Å². The highest BCUT2D eigenvalue weighted by Gasteiger charge is 2.15. The lowest BCUT2D eigenvalue weighted by Gasteiger charge is -2.25. The van der Waals surface area contributed by atoms with Crippen LogP contribution in [0.15, 0.2) is 0 Å². The highest BCUT2D eigenvalue weighted by atomic mass is 16.2. The van der Waals surface area contributed by atoms with Gasteiger partial charge in [-0.05, 0) is 33.7 Å². The van der Waals surface area contributed by atoms with Crippen molar-refractivity contribution in [2.75, 3.05) is 20.1 Å². The summed E-state index contributed by atoms with van der Waals surface area (Å²) in [6.45, 7) is 7.20. The van der Waals surface area contributed by atoms with Crippen LogP contribution in [0.1, 0.15) is 27.2 Å². The number of carbonyl (C=O) groups excluding carboxylic acids is 1. The van der Waals surface area contributed by atoms with Gasteiger partial charge in [0.2, 0.25) is 0 Å². The van der Waals surface area contributed by atoms with Crippen LogP contribution in [-0.2, 0) is 0 Å². The van der Waals surface area contributed by atoms with Crippen molar-refractivity contribution in [1.82, 2.24) is 10.2 Å². The molecule has 0 spiro atoms. The third-order valence-corrected chi connectivity index (χ3v) is 1.53. The summed E-state index contributed by atoms with van der Waals surface area (Å²) >= 11 is 0. The number of rotatable bonds is 3. The molecule has 3 N–H and O–H groups in total. The summed E-state index contributed by atoms with van der Waals surface area (Å²) in [5, 5.41) is 2.87. The largest absolute Gasteiger partial charge is 0.333 e. The third kappa shape index (κ3) is 6.40. The highest BCUT2D eigenvalue weighted by molar-refractivity contribution is 5.74. The SMILES string of the molecule is CN(CCCN)C(=O)NC(C)(C)C. The zero-order chi connectivity index (χ0) is 10.5. The lowest BCUT2D eigenvalue weighted by molar-refractivity contribution is 0.199. The average Bonchev–Trinajstić information content (AvgIpc) is 1.96. The minimum Gasteiger partial charge on any atom is -0.333 e. The first-order valence-corrected chi connectivity index (χ1v) is 4.60. The molecule has 0 saturated heterocycles. The first-order valence-electron chi connectivity index (χ1n) is 4.60. The summed E-state index contributed by atoms with van der Waals surface area (Å²) in [5.41, 5.74) is 5.17. The minimum absolute atomic E-state index is 0.0408. The first kappa shape index (κ1) is 12.2. The Morgan fingerprint density at radius 2 is 2.00 bits per heavy atom. The molecule has 0 aromatic rings. The predicted molar refractivity (Wildman–Crippen MR) is 54.6 cm³/mol. The Balaban J connectivity index is 3.83. The minimum atomic E-state index is -0.173. The molecule has 2 amide bonds. The molecule has 0 bridgehead atoms. The van der Waals surface area contributed by atoms with Gasteiger partial charge in [0.15, 0.2) is 0 Å². The lowest BCUT2D eigenvalue weighted by Crippen LogP contribution is -2.47. The highest BCUT2D eigenvalue weighted by Crippen LogP contribution is 2.00. The topological polar surface area (TPSA) is 58.4 Å². The van der Waals surface area contributed by atoms with Crippen molar-refractivity contribution >= 4 is 6.03 Å². The van der Waals surface area contributed by atoms with Crippen LogP contribution >= 0.6 is 0 Å². The van der Waals surface area contributed by atoms with Crippen LogP contribution in [-0.4, -0.2) is 36.6 Å². The number of nitrogens with zero attached hydrogens (tertiary/aromatic N) is 1. The van der Waals surface area contributed by atoms with Crippen molar-refractivity contribution in [3.05, 3.63) is 0 Å². The normalized spacial score (nSPS) is 11.2. The first-order chi connectivity index (χ1) is 5.87. The molecule has 0 saturated carbocycles. The number of amides is 2. The van der Waals surface area contributed by atoms with Crippen molar-refractivity contribution < 1.29 is 4.79 Å². The van der Waals surface area contributed by atoms with E-state index >= 15 is 0 Å². The fourth-order valence-electron chi connectivity index (χ4n) is 0.846. The van der Waals surface area contributed by atoms with E-state index in [0.717, 1.165) is 6.42 Å². The quantitative estimate of drug-likeness (QED) is 0.686. The molecule has 0 aromatic carbocycles. The molecule has 0 rings (SSSR count). The second-order valence-corrected chi connectivity index (χ2v) is 4.24. The molecule has 0 aromatic heterocycles. The molecule has 4 nitrogen and oxygen atoms in total. The second-order valence-electron chi connectivity index (χ2n) is 4.24. The van der Waals surface area contributed by atoms with E-state index in [9.17, 15) is 4.79 Å². The number of nitrogens with one attached hydrogen (secondary N) is 1. The molecule has 0 heterocycles. The van der Waals surface area contributed by atoms with E-state index < -0.39 is 0 Å². The maximum atomic E-state index is 11.4. The Morgan fingerprint density at radius 3 is 2.38 bits per heavy atom. The van der Waals surface area contributed by atoms with Gasteiger partial charge < -0.3 is 16.0 Å². The van der Waals surface area contributed by atoms with Gasteiger partial charge in [0.1, 0.15) is 0 Å². The van der Waals surface area contributed by atoms with Gasteiger partial charge >= 0.3 is 6.03 Å². The fourth-order valence-corrected chi connectivity index (χ4v) is 0.846. The maximum Gasteiger partial charge on any atom is 0.317 e. The van der Waals surface area contributed by atoms with Crippen LogP contribution < -0.4 is 11.1 Å². The predicted octanol–water partition coefficient (Wildman–Crippen LogP) is 0.775. The summed E-state index contributed by atoms with van der Waals surface area (Å²) in [7, 11) is 1.77. The van der Waals surface area contributed by atoms with Gasteiger partial charge in [-0.3, -0.25) is 0 Å². The molecule has 13 heavy (non-hydrogen) atoms. The molecule has 0 atom stereocenters. The number of nitrogens with two attached hydrogens (primary N) is 1. The Bertz CT molecular complexity index is 163. The third-order valence-electron chi connectivity index (χ3n) is 1.53. The maximum absolute atomic E-state index is 11.4. The van der Waals surface area contributed by atoms with Gasteiger partial charge in [0.05, 0.1) is 0 Å². The average molecular weight is 187 g/mol. The van der Waals surface area contributed by atoms with Crippen molar-refractivity contribution in [3.63, 3.8) is 0 Å². The van der Waals surface area contributed by atoms with Crippen LogP contribution in [0.2, 0.25) is 0 Å². The van der Waals surface area contributed by atoms with Gasteiger partial charge in [-0.25, -0.2) is 4.79 Å². The molecule has 0 aliphatic heterocycles. The van der Waals surface area contributed by atoms with Gasteiger partial charge in [0.25, 0.3) is 0 Å². The summed E-state index contributed by atoms with van der Waals surface area (Å²) in [6.07, 6.45) is 0.841. The summed E-state index contributed by atoms with van der Waals surface area (Å²) in [6, 6.07) is -0.0408. The van der Waals surface area contributed by atoms with E-state index in [1.54, 1.807) is 11.9 Å². The van der Waals surface area contributed by atoms with Gasteiger partial charge in [-0.1, -0.05) is 0 Å². The van der Waals surface area contributed by atoms with E-state index in [4.69, 9.17) is 5.73 Å². The standard InChI is InChI=1S/C9H21N3O/c1-9(2,3)11-8(13)12(4)7-5-6-10/h5-7,10H2,1-4H3,(H,11,13). The number of carbonyl (C=O) groups is 1. The van der Waals surface area contributed by atoms with Crippen LogP contribution in [0.25, 0.3) is 0 Å². The Kier molecular flexibility index (Phi) is 4.77. The molecule has 0 aliphatic carbocycles. The molecule has 4 heteroatoms. The van der Waals surface area contributed by atoms with Crippen LogP contribution in [0.4, 0.5) is 4.79 Å². The van der Waals surface area contributed by atoms with Crippen molar-refractivity contribution in [2.45, 2.75) is 32.7 Å². The van der Waals surface area contributed by atoms with Crippen molar-refractivity contribution in [2.24, 2.45) is 5.73 Å². The lowest BCUT2D eigenvalue weighted by atomic mass is 10.1. The summed E-state index contributed by atoms with van der Waals surface area (Å²) in [4.78, 5) is 13.1. The van der Waals surface area contributed by atoms with E-state index in [2.05, 4.69) is 5.32 Å². The Morgan fingerprint density at radius 1 is 1.46 bits per heavy atom. The van der Waals surface area contributed by atoms with E-state index in [1.807, 2.05) is 20.8 Å². The Hall–Kier alpha value is -0.770. The molecular weight excluding hydrogens is 166 g/mol. The zero-order valence-corrected chi connectivity index (χ0v) is 9.05. The number of hydrogen-bond donors (Lipinski definition) is 2. The van der Waals surface area contributed by atoms with E-state index in [-0.39, 0.29) is 11.6 Å². The Labute approximate surface area is 80.5 Å². The fraction of sp³-hybridized carbons (Fsp3) is 0.889. The number of urea groups is 1. The van der Waals surface area contributed by atoms with Gasteiger partial charge in [0, 0.05) is 19.1 Å². The van der Waals surface area contributed by atoms with E-state index in [0.29, 0.717) is 13.1 Å². The van der Waals surface area contributed by atoms with Crippen molar-refractivity contribution in [3.8, 4) is 0 Å². The van der Waals surface area contributed by atoms with E-state index in [1.165, 1.54) is 0 Å². The zero-order valence-electron chi connectivity index (χ0n) is 9.05. The molecule has 0 radical (unpaired) electrons.